The van der Waals surface area contributed by atoms with Crippen LogP contribution >= 0.6 is 0 Å². The van der Waals surface area contributed by atoms with Crippen LogP contribution in [0.1, 0.15) is 67.4 Å². The summed E-state index contributed by atoms with van der Waals surface area (Å²) in [6, 6.07) is 14.9. The van der Waals surface area contributed by atoms with Gasteiger partial charge >= 0.3 is 18.2 Å². The zero-order chi connectivity index (χ0) is 27.7. The molecule has 2 saturated carbocycles. The maximum Gasteiger partial charge on any atom is 0.410 e. The first kappa shape index (κ1) is 26.8. The number of anilines is 1. The molecule has 2 aliphatic carbocycles. The maximum absolute atomic E-state index is 12.9. The number of carbonyl (C=O) groups is 3. The standard InChI is InChI=1S/C30H37N3O6/c1-30(2,3)39-29(37)33(17-20-4-5-20)26-14-25(26)21-10-12-23(13-11-21)31-15-24-18-32(28(36)38-24)16-19-6-8-22(9-7-19)27(34)35/h6-13,20,24-26,31H,4-5,14-18H2,1-3H3,(H,34,35)/t24?,25?,26-/m0/s1. The summed E-state index contributed by atoms with van der Waals surface area (Å²) in [5, 5.41) is 12.4. The van der Waals surface area contributed by atoms with Crippen LogP contribution in [0.25, 0.3) is 0 Å². The molecule has 9 heteroatoms. The SMILES string of the molecule is CC(C)(C)OC(=O)N(CC1CC1)[C@H]1CC1c1ccc(NCC2CN(Cc3ccc(C(=O)O)cc3)C(=O)O2)cc1. The van der Waals surface area contributed by atoms with E-state index in [9.17, 15) is 14.4 Å². The van der Waals surface area contributed by atoms with E-state index in [1.54, 1.807) is 17.0 Å². The summed E-state index contributed by atoms with van der Waals surface area (Å²) < 4.78 is 11.2. The van der Waals surface area contributed by atoms with Crippen molar-refractivity contribution in [2.24, 2.45) is 5.92 Å². The molecular formula is C30H37N3O6. The monoisotopic (exact) mass is 535 g/mol. The second kappa shape index (κ2) is 10.8. The first-order chi connectivity index (χ1) is 18.6. The smallest absolute Gasteiger partial charge is 0.410 e. The molecule has 0 spiro atoms. The van der Waals surface area contributed by atoms with E-state index in [1.807, 2.05) is 37.8 Å². The number of amides is 2. The zero-order valence-corrected chi connectivity index (χ0v) is 22.8. The fourth-order valence-corrected chi connectivity index (χ4v) is 4.99. The third kappa shape index (κ3) is 7.02. The van der Waals surface area contributed by atoms with Gasteiger partial charge in [0, 0.05) is 30.7 Å². The molecule has 3 aliphatic rings. The second-order valence-electron chi connectivity index (χ2n) is 11.9. The van der Waals surface area contributed by atoms with E-state index in [0.29, 0.717) is 31.5 Å². The van der Waals surface area contributed by atoms with Crippen LogP contribution in [0.2, 0.25) is 0 Å². The number of nitrogens with zero attached hydrogens (tertiary/aromatic N) is 2. The van der Waals surface area contributed by atoms with Crippen molar-refractivity contribution >= 4 is 23.8 Å². The van der Waals surface area contributed by atoms with Crippen molar-refractivity contribution in [2.75, 3.05) is 25.0 Å². The molecule has 0 bridgehead atoms. The number of carbonyl (C=O) groups excluding carboxylic acids is 2. The third-order valence-electron chi connectivity index (χ3n) is 7.33. The molecule has 1 saturated heterocycles. The fourth-order valence-electron chi connectivity index (χ4n) is 4.99. The molecule has 39 heavy (non-hydrogen) atoms. The van der Waals surface area contributed by atoms with E-state index >= 15 is 0 Å². The number of ether oxygens (including phenoxy) is 2. The second-order valence-corrected chi connectivity index (χ2v) is 11.9. The average Bonchev–Trinajstić information content (AvgIpc) is 3.80. The van der Waals surface area contributed by atoms with E-state index in [0.717, 1.165) is 24.2 Å². The number of cyclic esters (lactones) is 1. The Hall–Kier alpha value is -3.75. The van der Waals surface area contributed by atoms with Crippen molar-refractivity contribution in [3.05, 3.63) is 65.2 Å². The lowest BCUT2D eigenvalue weighted by Crippen LogP contribution is -2.40. The highest BCUT2D eigenvalue weighted by Gasteiger charge is 2.47. The Morgan fingerprint density at radius 2 is 1.79 bits per heavy atom. The first-order valence-electron chi connectivity index (χ1n) is 13.7. The number of nitrogens with one attached hydrogen (secondary N) is 1. The van der Waals surface area contributed by atoms with Crippen LogP contribution in [0.3, 0.4) is 0 Å². The summed E-state index contributed by atoms with van der Waals surface area (Å²) in [6.07, 6.45) is 2.45. The van der Waals surface area contributed by atoms with E-state index < -0.39 is 11.6 Å². The lowest BCUT2D eigenvalue weighted by molar-refractivity contribution is 0.0220. The molecule has 2 amide bonds. The molecule has 0 radical (unpaired) electrons. The summed E-state index contributed by atoms with van der Waals surface area (Å²) in [6.45, 7) is 7.80. The van der Waals surface area contributed by atoms with Gasteiger partial charge in [0.05, 0.1) is 18.7 Å². The van der Waals surface area contributed by atoms with E-state index in [-0.39, 0.29) is 29.9 Å². The highest BCUT2D eigenvalue weighted by molar-refractivity contribution is 5.87. The summed E-state index contributed by atoms with van der Waals surface area (Å²) in [4.78, 5) is 39.8. The van der Waals surface area contributed by atoms with Crippen LogP contribution in [0.15, 0.2) is 48.5 Å². The van der Waals surface area contributed by atoms with Gasteiger partial charge in [0.15, 0.2) is 0 Å². The summed E-state index contributed by atoms with van der Waals surface area (Å²) in [7, 11) is 0. The van der Waals surface area contributed by atoms with Gasteiger partial charge in [-0.15, -0.1) is 0 Å². The molecule has 208 valence electrons. The van der Waals surface area contributed by atoms with Gasteiger partial charge in [0.1, 0.15) is 11.7 Å². The zero-order valence-electron chi connectivity index (χ0n) is 22.8. The summed E-state index contributed by atoms with van der Waals surface area (Å²) >= 11 is 0. The minimum atomic E-state index is -0.977. The number of rotatable bonds is 10. The van der Waals surface area contributed by atoms with Crippen LogP contribution in [0.5, 0.6) is 0 Å². The van der Waals surface area contributed by atoms with Crippen molar-refractivity contribution in [1.29, 1.82) is 0 Å². The highest BCUT2D eigenvalue weighted by Crippen LogP contribution is 2.47. The quantitative estimate of drug-likeness (QED) is 0.424. The van der Waals surface area contributed by atoms with Crippen molar-refractivity contribution in [1.82, 2.24) is 9.80 Å². The lowest BCUT2D eigenvalue weighted by atomic mass is 10.1. The van der Waals surface area contributed by atoms with E-state index in [1.165, 1.54) is 30.5 Å². The molecular weight excluding hydrogens is 498 g/mol. The molecule has 3 atom stereocenters. The van der Waals surface area contributed by atoms with Gasteiger partial charge in [-0.25, -0.2) is 14.4 Å². The maximum atomic E-state index is 12.9. The largest absolute Gasteiger partial charge is 0.478 e. The lowest BCUT2D eigenvalue weighted by Gasteiger charge is -2.28. The highest BCUT2D eigenvalue weighted by atomic mass is 16.6. The Balaban J connectivity index is 1.10. The Morgan fingerprint density at radius 3 is 2.41 bits per heavy atom. The van der Waals surface area contributed by atoms with Crippen LogP contribution in [-0.4, -0.2) is 70.4 Å². The van der Waals surface area contributed by atoms with Gasteiger partial charge in [-0.1, -0.05) is 24.3 Å². The minimum absolute atomic E-state index is 0.184. The van der Waals surface area contributed by atoms with Crippen LogP contribution in [0, 0.1) is 5.92 Å². The predicted octanol–water partition coefficient (Wildman–Crippen LogP) is 5.32. The van der Waals surface area contributed by atoms with Crippen molar-refractivity contribution in [3.8, 4) is 0 Å². The summed E-state index contributed by atoms with van der Waals surface area (Å²) in [5.41, 5.74) is 2.71. The molecule has 1 heterocycles. The number of carboxylic acids is 1. The molecule has 2 aromatic carbocycles. The summed E-state index contributed by atoms with van der Waals surface area (Å²) in [5.74, 6) is -0.0581. The molecule has 2 aromatic rings. The molecule has 2 N–H and O–H groups in total. The molecule has 5 rings (SSSR count). The predicted molar refractivity (Wildman–Crippen MR) is 146 cm³/mol. The van der Waals surface area contributed by atoms with Crippen molar-refractivity contribution in [2.45, 2.75) is 70.2 Å². The molecule has 9 nitrogen and oxygen atoms in total. The number of aromatic carboxylic acids is 1. The third-order valence-corrected chi connectivity index (χ3v) is 7.33. The average molecular weight is 536 g/mol. The van der Waals surface area contributed by atoms with Crippen LogP contribution in [0.4, 0.5) is 15.3 Å². The Kier molecular flexibility index (Phi) is 7.42. The van der Waals surface area contributed by atoms with Gasteiger partial charge in [0.2, 0.25) is 0 Å². The Labute approximate surface area is 229 Å². The van der Waals surface area contributed by atoms with Gasteiger partial charge in [-0.2, -0.15) is 0 Å². The van der Waals surface area contributed by atoms with Gasteiger partial charge in [0.25, 0.3) is 0 Å². The van der Waals surface area contributed by atoms with Gasteiger partial charge < -0.3 is 29.7 Å². The van der Waals surface area contributed by atoms with Crippen LogP contribution < -0.4 is 5.32 Å². The Morgan fingerprint density at radius 1 is 1.10 bits per heavy atom. The minimum Gasteiger partial charge on any atom is -0.478 e. The Bertz CT molecular complexity index is 1200. The van der Waals surface area contributed by atoms with Gasteiger partial charge in [-0.3, -0.25) is 0 Å². The topological polar surface area (TPSA) is 108 Å². The van der Waals surface area contributed by atoms with E-state index in [4.69, 9.17) is 14.6 Å². The number of benzene rings is 2. The fraction of sp³-hybridized carbons (Fsp3) is 0.500. The molecule has 2 unspecified atom stereocenters. The van der Waals surface area contributed by atoms with Gasteiger partial charge in [-0.05, 0) is 81.3 Å². The van der Waals surface area contributed by atoms with E-state index in [2.05, 4.69) is 17.4 Å². The molecule has 0 aromatic heterocycles. The molecule has 3 fully saturated rings. The molecule has 1 aliphatic heterocycles. The number of hydrogen-bond acceptors (Lipinski definition) is 6. The van der Waals surface area contributed by atoms with Crippen molar-refractivity contribution < 1.29 is 29.0 Å². The normalized spacial score (nSPS) is 22.3. The first-order valence-corrected chi connectivity index (χ1v) is 13.7. The van der Waals surface area contributed by atoms with Crippen molar-refractivity contribution in [3.63, 3.8) is 0 Å². The number of hydrogen-bond donors (Lipinski definition) is 2. The number of carboxylic acid groups (broad SMARTS) is 1. The van der Waals surface area contributed by atoms with Crippen LogP contribution in [-0.2, 0) is 16.0 Å².